The van der Waals surface area contributed by atoms with Gasteiger partial charge in [-0.2, -0.15) is 0 Å². The monoisotopic (exact) mass is 481 g/mol. The molecule has 0 saturated carbocycles. The first-order chi connectivity index (χ1) is 16.7. The van der Waals surface area contributed by atoms with E-state index in [1.165, 1.54) is 0 Å². The van der Waals surface area contributed by atoms with Gasteiger partial charge in [0.1, 0.15) is 11.4 Å². The van der Waals surface area contributed by atoms with E-state index in [-0.39, 0.29) is 30.4 Å². The van der Waals surface area contributed by atoms with E-state index in [0.29, 0.717) is 37.2 Å². The minimum atomic E-state index is -0.548. The minimum Gasteiger partial charge on any atom is -0.497 e. The third-order valence-corrected chi connectivity index (χ3v) is 5.86. The maximum atomic E-state index is 12.9. The van der Waals surface area contributed by atoms with Gasteiger partial charge in [0.25, 0.3) is 5.91 Å². The minimum absolute atomic E-state index is 0.0755. The molecule has 1 aliphatic rings. The van der Waals surface area contributed by atoms with Crippen LogP contribution < -0.4 is 15.4 Å². The van der Waals surface area contributed by atoms with E-state index in [1.54, 1.807) is 36.3 Å². The van der Waals surface area contributed by atoms with Gasteiger partial charge in [0, 0.05) is 31.1 Å². The van der Waals surface area contributed by atoms with Crippen molar-refractivity contribution in [3.8, 4) is 5.75 Å². The van der Waals surface area contributed by atoms with Gasteiger partial charge in [-0.3, -0.25) is 9.59 Å². The Balaban J connectivity index is 1.57. The molecular weight excluding hydrogens is 446 g/mol. The van der Waals surface area contributed by atoms with Gasteiger partial charge >= 0.3 is 6.09 Å². The quantitative estimate of drug-likeness (QED) is 0.625. The highest BCUT2D eigenvalue weighted by Crippen LogP contribution is 2.21. The Kier molecular flexibility index (Phi) is 8.73. The molecule has 0 spiro atoms. The molecule has 2 aromatic rings. The standard InChI is InChI=1S/C27H35N3O5/c1-27(2,3)35-26(33)30-16-14-21(15-17-30)24(31)28-18-23(19-8-6-5-7-9-19)29-25(32)20-10-12-22(34-4)13-11-20/h5-13,21,23H,14-18H2,1-4H3,(H,28,31)(H,29,32)/t23-/m0/s1. The third kappa shape index (κ3) is 7.73. The summed E-state index contributed by atoms with van der Waals surface area (Å²) in [5.74, 6) is 0.170. The number of piperidine rings is 1. The number of hydrogen-bond acceptors (Lipinski definition) is 5. The van der Waals surface area contributed by atoms with E-state index in [0.717, 1.165) is 5.56 Å². The highest BCUT2D eigenvalue weighted by molar-refractivity contribution is 5.94. The molecule has 1 saturated heterocycles. The molecular formula is C27H35N3O5. The van der Waals surface area contributed by atoms with Gasteiger partial charge in [0.2, 0.25) is 5.91 Å². The number of carbonyl (C=O) groups excluding carboxylic acids is 3. The number of rotatable bonds is 7. The normalized spacial score (nSPS) is 15.1. The number of hydrogen-bond donors (Lipinski definition) is 2. The van der Waals surface area contributed by atoms with Crippen LogP contribution in [0.25, 0.3) is 0 Å². The Morgan fingerprint density at radius 3 is 2.20 bits per heavy atom. The van der Waals surface area contributed by atoms with Crippen molar-refractivity contribution in [2.75, 3.05) is 26.7 Å². The van der Waals surface area contributed by atoms with Crippen LogP contribution in [0.3, 0.4) is 0 Å². The Morgan fingerprint density at radius 1 is 1.00 bits per heavy atom. The summed E-state index contributed by atoms with van der Waals surface area (Å²) < 4.78 is 10.6. The zero-order valence-corrected chi connectivity index (χ0v) is 20.9. The first-order valence-electron chi connectivity index (χ1n) is 11.9. The lowest BCUT2D eigenvalue weighted by molar-refractivity contribution is -0.126. The maximum absolute atomic E-state index is 12.9. The molecule has 0 radical (unpaired) electrons. The molecule has 1 heterocycles. The van der Waals surface area contributed by atoms with E-state index < -0.39 is 11.6 Å². The third-order valence-electron chi connectivity index (χ3n) is 5.86. The van der Waals surface area contributed by atoms with Crippen molar-refractivity contribution in [1.29, 1.82) is 0 Å². The van der Waals surface area contributed by atoms with Crippen LogP contribution in [0.4, 0.5) is 4.79 Å². The zero-order chi connectivity index (χ0) is 25.4. The molecule has 0 unspecified atom stereocenters. The smallest absolute Gasteiger partial charge is 0.410 e. The van der Waals surface area contributed by atoms with Crippen molar-refractivity contribution >= 4 is 17.9 Å². The first-order valence-corrected chi connectivity index (χ1v) is 11.9. The zero-order valence-electron chi connectivity index (χ0n) is 20.9. The molecule has 2 aromatic carbocycles. The molecule has 8 heteroatoms. The SMILES string of the molecule is COc1ccc(C(=O)N[C@@H](CNC(=O)C2CCN(C(=O)OC(C)(C)C)CC2)c2ccccc2)cc1. The summed E-state index contributed by atoms with van der Waals surface area (Å²) >= 11 is 0. The van der Waals surface area contributed by atoms with Gasteiger partial charge in [-0.1, -0.05) is 30.3 Å². The second-order valence-electron chi connectivity index (χ2n) is 9.65. The number of nitrogens with one attached hydrogen (secondary N) is 2. The van der Waals surface area contributed by atoms with Gasteiger partial charge in [-0.15, -0.1) is 0 Å². The lowest BCUT2D eigenvalue weighted by Gasteiger charge is -2.33. The Morgan fingerprint density at radius 2 is 1.63 bits per heavy atom. The Bertz CT molecular complexity index is 994. The van der Waals surface area contributed by atoms with Crippen LogP contribution in [-0.2, 0) is 9.53 Å². The van der Waals surface area contributed by atoms with Gasteiger partial charge in [-0.05, 0) is 63.4 Å². The summed E-state index contributed by atoms with van der Waals surface area (Å²) in [7, 11) is 1.57. The van der Waals surface area contributed by atoms with Gasteiger partial charge in [0.15, 0.2) is 0 Å². The van der Waals surface area contributed by atoms with Crippen LogP contribution in [-0.4, -0.2) is 55.2 Å². The van der Waals surface area contributed by atoms with Crippen molar-refractivity contribution in [2.24, 2.45) is 5.92 Å². The lowest BCUT2D eigenvalue weighted by Crippen LogP contribution is -2.46. The maximum Gasteiger partial charge on any atom is 0.410 e. The van der Waals surface area contributed by atoms with Crippen LogP contribution >= 0.6 is 0 Å². The average molecular weight is 482 g/mol. The van der Waals surface area contributed by atoms with Crippen LogP contribution in [0.5, 0.6) is 5.75 Å². The predicted molar refractivity (Wildman–Crippen MR) is 133 cm³/mol. The second kappa shape index (κ2) is 11.7. The highest BCUT2D eigenvalue weighted by Gasteiger charge is 2.30. The molecule has 8 nitrogen and oxygen atoms in total. The predicted octanol–water partition coefficient (Wildman–Crippen LogP) is 3.93. The van der Waals surface area contributed by atoms with Crippen molar-refractivity contribution in [3.05, 3.63) is 65.7 Å². The Hall–Kier alpha value is -3.55. The van der Waals surface area contributed by atoms with E-state index >= 15 is 0 Å². The number of ether oxygens (including phenoxy) is 2. The summed E-state index contributed by atoms with van der Waals surface area (Å²) in [4.78, 5) is 39.7. The van der Waals surface area contributed by atoms with Crippen LogP contribution in [0.15, 0.2) is 54.6 Å². The summed E-state index contributed by atoms with van der Waals surface area (Å²) in [6.45, 7) is 6.72. The topological polar surface area (TPSA) is 97.0 Å². The molecule has 0 bridgehead atoms. The number of methoxy groups -OCH3 is 1. The number of benzene rings is 2. The van der Waals surface area contributed by atoms with E-state index in [4.69, 9.17) is 9.47 Å². The fourth-order valence-corrected chi connectivity index (χ4v) is 3.92. The highest BCUT2D eigenvalue weighted by atomic mass is 16.6. The summed E-state index contributed by atoms with van der Waals surface area (Å²) in [6, 6.07) is 16.0. The number of carbonyl (C=O) groups is 3. The van der Waals surface area contributed by atoms with Gasteiger partial charge < -0.3 is 25.0 Å². The van der Waals surface area contributed by atoms with Crippen molar-refractivity contribution in [2.45, 2.75) is 45.3 Å². The molecule has 0 aromatic heterocycles. The molecule has 35 heavy (non-hydrogen) atoms. The van der Waals surface area contributed by atoms with Crippen LogP contribution in [0.2, 0.25) is 0 Å². The van der Waals surface area contributed by atoms with Crippen molar-refractivity contribution < 1.29 is 23.9 Å². The molecule has 2 N–H and O–H groups in total. The average Bonchev–Trinajstić information content (AvgIpc) is 2.85. The molecule has 1 fully saturated rings. The van der Waals surface area contributed by atoms with Gasteiger partial charge in [-0.25, -0.2) is 4.79 Å². The van der Waals surface area contributed by atoms with E-state index in [9.17, 15) is 14.4 Å². The van der Waals surface area contributed by atoms with Crippen molar-refractivity contribution in [1.82, 2.24) is 15.5 Å². The summed E-state index contributed by atoms with van der Waals surface area (Å²) in [5.41, 5.74) is 0.857. The Labute approximate surface area is 207 Å². The lowest BCUT2D eigenvalue weighted by atomic mass is 9.96. The summed E-state index contributed by atoms with van der Waals surface area (Å²) in [5, 5.41) is 6.03. The second-order valence-corrected chi connectivity index (χ2v) is 9.65. The fraction of sp³-hybridized carbons (Fsp3) is 0.444. The molecule has 3 amide bonds. The van der Waals surface area contributed by atoms with Crippen LogP contribution in [0.1, 0.15) is 55.6 Å². The van der Waals surface area contributed by atoms with Crippen molar-refractivity contribution in [3.63, 3.8) is 0 Å². The number of amides is 3. The number of likely N-dealkylation sites (tertiary alicyclic amines) is 1. The molecule has 3 rings (SSSR count). The molecule has 0 aliphatic carbocycles. The fourth-order valence-electron chi connectivity index (χ4n) is 3.92. The van der Waals surface area contributed by atoms with Gasteiger partial charge in [0.05, 0.1) is 13.2 Å². The number of nitrogens with zero attached hydrogens (tertiary/aromatic N) is 1. The van der Waals surface area contributed by atoms with E-state index in [1.807, 2.05) is 51.1 Å². The summed E-state index contributed by atoms with van der Waals surface area (Å²) in [6.07, 6.45) is 0.792. The molecule has 1 atom stereocenters. The van der Waals surface area contributed by atoms with Crippen LogP contribution in [0, 0.1) is 5.92 Å². The molecule has 188 valence electrons. The largest absolute Gasteiger partial charge is 0.497 e. The van der Waals surface area contributed by atoms with E-state index in [2.05, 4.69) is 10.6 Å². The first kappa shape index (κ1) is 26.1. The molecule has 1 aliphatic heterocycles.